The van der Waals surface area contributed by atoms with Gasteiger partial charge in [-0.3, -0.25) is 9.05 Å². The minimum atomic E-state index is -4.30. The van der Waals surface area contributed by atoms with Gasteiger partial charge in [-0.25, -0.2) is 9.36 Å². The lowest BCUT2D eigenvalue weighted by Crippen LogP contribution is -2.07. The first-order valence-electron chi connectivity index (χ1n) is 2.92. The Balaban J connectivity index is 3.71. The zero-order chi connectivity index (χ0) is 9.61. The van der Waals surface area contributed by atoms with E-state index in [1.165, 1.54) is 0 Å². The molecule has 0 aromatic heterocycles. The Morgan fingerprint density at radius 3 is 2.42 bits per heavy atom. The summed E-state index contributed by atoms with van der Waals surface area (Å²) in [6.45, 7) is -1.74. The van der Waals surface area contributed by atoms with Crippen LogP contribution >= 0.6 is 7.82 Å². The molecule has 72 valence electrons. The smallest absolute Gasteiger partial charge is 0.472 e. The number of hydrogen-bond donors (Lipinski definition) is 3. The van der Waals surface area contributed by atoms with Gasteiger partial charge in [-0.2, -0.15) is 0 Å². The van der Waals surface area contributed by atoms with E-state index in [1.807, 2.05) is 0 Å². The Labute approximate surface area is 68.2 Å². The van der Waals surface area contributed by atoms with Crippen molar-refractivity contribution in [2.45, 2.75) is 0 Å². The van der Waals surface area contributed by atoms with Crippen LogP contribution in [0.15, 0.2) is 0 Å². The maximum Gasteiger partial charge on any atom is 0.472 e. The van der Waals surface area contributed by atoms with Crippen LogP contribution in [-0.4, -0.2) is 40.9 Å². The number of aliphatic hydroxyl groups excluding tert-OH is 1. The molecule has 0 bridgehead atoms. The second-order valence-corrected chi connectivity index (χ2v) is 3.15. The van der Waals surface area contributed by atoms with Crippen LogP contribution in [0, 0.1) is 0 Å². The minimum Gasteiger partial charge on any atom is -0.480 e. The number of rotatable bonds is 6. The molecule has 3 N–H and O–H groups in total. The van der Waals surface area contributed by atoms with Crippen LogP contribution in [-0.2, 0) is 18.4 Å². The first kappa shape index (κ1) is 11.5. The molecule has 0 amide bonds. The summed E-state index contributed by atoms with van der Waals surface area (Å²) in [7, 11) is -4.30. The van der Waals surface area contributed by atoms with Crippen molar-refractivity contribution in [2.24, 2.45) is 0 Å². The van der Waals surface area contributed by atoms with Crippen molar-refractivity contribution in [1.82, 2.24) is 0 Å². The fraction of sp³-hybridized carbons (Fsp3) is 0.750. The van der Waals surface area contributed by atoms with Crippen LogP contribution in [0.5, 0.6) is 0 Å². The second-order valence-electron chi connectivity index (χ2n) is 1.69. The zero-order valence-corrected chi connectivity index (χ0v) is 6.94. The van der Waals surface area contributed by atoms with Gasteiger partial charge in [0, 0.05) is 0 Å². The fourth-order valence-corrected chi connectivity index (χ4v) is 0.991. The van der Waals surface area contributed by atoms with Gasteiger partial charge < -0.3 is 15.1 Å². The van der Waals surface area contributed by atoms with Gasteiger partial charge in [0.25, 0.3) is 0 Å². The van der Waals surface area contributed by atoms with Crippen LogP contribution in [0.4, 0.5) is 0 Å². The highest BCUT2D eigenvalue weighted by molar-refractivity contribution is 7.47. The molecular weight excluding hydrogens is 191 g/mol. The molecule has 1 unspecified atom stereocenters. The Morgan fingerprint density at radius 1 is 1.42 bits per heavy atom. The summed E-state index contributed by atoms with van der Waals surface area (Å²) < 4.78 is 18.7. The highest BCUT2D eigenvalue weighted by Gasteiger charge is 2.21. The third-order valence-electron chi connectivity index (χ3n) is 0.697. The molecule has 0 aromatic carbocycles. The van der Waals surface area contributed by atoms with Crippen molar-refractivity contribution in [3.05, 3.63) is 0 Å². The van der Waals surface area contributed by atoms with Crippen molar-refractivity contribution in [2.75, 3.05) is 19.8 Å². The Kier molecular flexibility index (Phi) is 5.03. The van der Waals surface area contributed by atoms with Gasteiger partial charge in [0.1, 0.15) is 0 Å². The zero-order valence-electron chi connectivity index (χ0n) is 6.04. The molecule has 1 atom stereocenters. The summed E-state index contributed by atoms with van der Waals surface area (Å²) in [6, 6.07) is 0. The lowest BCUT2D eigenvalue weighted by atomic mass is 10.8. The van der Waals surface area contributed by atoms with E-state index >= 15 is 0 Å². The second kappa shape index (κ2) is 5.23. The normalized spacial score (nSPS) is 15.5. The van der Waals surface area contributed by atoms with Gasteiger partial charge in [-0.15, -0.1) is 0 Å². The van der Waals surface area contributed by atoms with Crippen LogP contribution in [0.2, 0.25) is 0 Å². The first-order valence-corrected chi connectivity index (χ1v) is 4.42. The van der Waals surface area contributed by atoms with Crippen molar-refractivity contribution in [1.29, 1.82) is 0 Å². The molecule has 0 radical (unpaired) electrons. The van der Waals surface area contributed by atoms with Crippen molar-refractivity contribution < 1.29 is 33.5 Å². The molecule has 0 saturated carbocycles. The minimum absolute atomic E-state index is 0.382. The van der Waals surface area contributed by atoms with E-state index in [1.54, 1.807) is 0 Å². The third-order valence-corrected chi connectivity index (χ3v) is 1.66. The quantitative estimate of drug-likeness (QED) is 0.480. The summed E-state index contributed by atoms with van der Waals surface area (Å²) >= 11 is 0. The van der Waals surface area contributed by atoms with Crippen molar-refractivity contribution in [3.8, 4) is 0 Å². The van der Waals surface area contributed by atoms with E-state index in [-0.39, 0.29) is 6.61 Å². The van der Waals surface area contributed by atoms with Crippen LogP contribution in [0.1, 0.15) is 0 Å². The van der Waals surface area contributed by atoms with Crippen LogP contribution < -0.4 is 0 Å². The summed E-state index contributed by atoms with van der Waals surface area (Å²) in [5.41, 5.74) is 0. The molecule has 7 nitrogen and oxygen atoms in total. The van der Waals surface area contributed by atoms with Crippen LogP contribution in [0.3, 0.4) is 0 Å². The molecule has 0 spiro atoms. The summed E-state index contributed by atoms with van der Waals surface area (Å²) in [5.74, 6) is -1.38. The highest BCUT2D eigenvalue weighted by atomic mass is 31.2. The number of aliphatic hydroxyl groups is 1. The predicted molar refractivity (Wildman–Crippen MR) is 36.5 cm³/mol. The molecule has 0 aromatic rings. The van der Waals surface area contributed by atoms with Crippen LogP contribution in [0.25, 0.3) is 0 Å². The van der Waals surface area contributed by atoms with E-state index in [2.05, 4.69) is 9.05 Å². The van der Waals surface area contributed by atoms with Gasteiger partial charge >= 0.3 is 13.8 Å². The molecule has 0 aliphatic rings. The molecule has 12 heavy (non-hydrogen) atoms. The third kappa shape index (κ3) is 6.26. The molecule has 8 heteroatoms. The monoisotopic (exact) mass is 200 g/mol. The standard InChI is InChI=1S/C4H9O7P/c5-1-2-10-12(8,9)11-3-4(6)7/h5H,1-3H2,(H,6,7)(H,8,9). The van der Waals surface area contributed by atoms with E-state index < -0.39 is 27.0 Å². The van der Waals surface area contributed by atoms with Gasteiger partial charge in [0.15, 0.2) is 6.61 Å². The maximum atomic E-state index is 10.6. The Hall–Kier alpha value is -0.460. The number of carboxylic acids is 1. The maximum absolute atomic E-state index is 10.6. The van der Waals surface area contributed by atoms with E-state index in [0.717, 1.165) is 0 Å². The molecule has 0 heterocycles. The Morgan fingerprint density at radius 2 is 2.00 bits per heavy atom. The van der Waals surface area contributed by atoms with Crippen molar-refractivity contribution in [3.63, 3.8) is 0 Å². The van der Waals surface area contributed by atoms with E-state index in [0.29, 0.717) is 0 Å². The summed E-state index contributed by atoms with van der Waals surface area (Å²) in [4.78, 5) is 18.5. The number of carbonyl (C=O) groups is 1. The van der Waals surface area contributed by atoms with E-state index in [9.17, 15) is 9.36 Å². The Bertz CT molecular complexity index is 190. The summed E-state index contributed by atoms with van der Waals surface area (Å²) in [5, 5.41) is 16.2. The van der Waals surface area contributed by atoms with Gasteiger partial charge in [0.05, 0.1) is 13.2 Å². The summed E-state index contributed by atoms with van der Waals surface area (Å²) in [6.07, 6.45) is 0. The number of phosphoric acid groups is 1. The number of phosphoric ester groups is 1. The SMILES string of the molecule is O=C(O)COP(=O)(O)OCCO. The average molecular weight is 200 g/mol. The number of hydrogen-bond acceptors (Lipinski definition) is 5. The average Bonchev–Trinajstić information content (AvgIpc) is 1.98. The molecule has 0 aliphatic carbocycles. The van der Waals surface area contributed by atoms with Gasteiger partial charge in [0.2, 0.25) is 0 Å². The first-order chi connectivity index (χ1) is 5.48. The lowest BCUT2D eigenvalue weighted by Gasteiger charge is -2.08. The van der Waals surface area contributed by atoms with Gasteiger partial charge in [-0.1, -0.05) is 0 Å². The lowest BCUT2D eigenvalue weighted by molar-refractivity contribution is -0.139. The molecule has 0 rings (SSSR count). The number of aliphatic carboxylic acids is 1. The van der Waals surface area contributed by atoms with Crippen molar-refractivity contribution >= 4 is 13.8 Å². The van der Waals surface area contributed by atoms with E-state index in [4.69, 9.17) is 15.1 Å². The van der Waals surface area contributed by atoms with Gasteiger partial charge in [-0.05, 0) is 0 Å². The molecular formula is C4H9O7P. The molecule has 0 aliphatic heterocycles. The fourth-order valence-electron chi connectivity index (χ4n) is 0.330. The highest BCUT2D eigenvalue weighted by Crippen LogP contribution is 2.42. The topological polar surface area (TPSA) is 113 Å². The predicted octanol–water partition coefficient (Wildman–Crippen LogP) is -0.803. The number of carboxylic acid groups (broad SMARTS) is 1. The molecule has 0 fully saturated rings. The molecule has 0 saturated heterocycles. The largest absolute Gasteiger partial charge is 0.480 e.